The Morgan fingerprint density at radius 2 is 1.43 bits per heavy atom. The van der Waals surface area contributed by atoms with Gasteiger partial charge in [-0.3, -0.25) is 0 Å². The van der Waals surface area contributed by atoms with E-state index in [1.54, 1.807) is 23.3 Å². The Hall–Kier alpha value is -3.03. The van der Waals surface area contributed by atoms with Crippen LogP contribution in [0.5, 0.6) is 0 Å². The van der Waals surface area contributed by atoms with Gasteiger partial charge in [-0.05, 0) is 24.3 Å². The number of rotatable bonds is 3. The van der Waals surface area contributed by atoms with Gasteiger partial charge in [0.25, 0.3) is 0 Å². The minimum Gasteiger partial charge on any atom is -0.352 e. The monoisotopic (exact) mass is 308 g/mol. The lowest BCUT2D eigenvalue weighted by molar-refractivity contribution is 0.630. The van der Waals surface area contributed by atoms with E-state index in [0.717, 1.165) is 43.8 Å². The second-order valence-electron chi connectivity index (χ2n) is 5.22. The van der Waals surface area contributed by atoms with E-state index in [1.807, 2.05) is 30.5 Å². The molecule has 4 heterocycles. The first-order chi connectivity index (χ1) is 11.4. The Labute approximate surface area is 133 Å². The van der Waals surface area contributed by atoms with Crippen molar-refractivity contribution in [1.29, 1.82) is 0 Å². The maximum Gasteiger partial charge on any atom is 0.225 e. The lowest BCUT2D eigenvalue weighted by Gasteiger charge is -2.35. The van der Waals surface area contributed by atoms with Crippen LogP contribution in [0.2, 0.25) is 0 Å². The molecule has 0 N–H and O–H groups in total. The topological polar surface area (TPSA) is 75.9 Å². The first-order valence-electron chi connectivity index (χ1n) is 7.51. The predicted octanol–water partition coefficient (Wildman–Crippen LogP) is 0.779. The number of piperazine rings is 1. The summed E-state index contributed by atoms with van der Waals surface area (Å²) in [6.45, 7) is 3.47. The van der Waals surface area contributed by atoms with Crippen molar-refractivity contribution < 1.29 is 0 Å². The zero-order chi connectivity index (χ0) is 15.5. The van der Waals surface area contributed by atoms with Crippen LogP contribution in [0.1, 0.15) is 0 Å². The van der Waals surface area contributed by atoms with Gasteiger partial charge in [0.1, 0.15) is 0 Å². The van der Waals surface area contributed by atoms with E-state index >= 15 is 0 Å². The first kappa shape index (κ1) is 13.6. The summed E-state index contributed by atoms with van der Waals surface area (Å²) in [6, 6.07) is 7.61. The van der Waals surface area contributed by atoms with E-state index in [0.29, 0.717) is 0 Å². The molecule has 3 aromatic rings. The lowest BCUT2D eigenvalue weighted by atomic mass is 10.3. The number of hydrogen-bond donors (Lipinski definition) is 0. The van der Waals surface area contributed by atoms with Crippen molar-refractivity contribution in [1.82, 2.24) is 29.9 Å². The molecule has 0 atom stereocenters. The molecule has 1 saturated heterocycles. The molecule has 1 fully saturated rings. The molecule has 0 aliphatic carbocycles. The smallest absolute Gasteiger partial charge is 0.225 e. The van der Waals surface area contributed by atoms with Crippen LogP contribution in [-0.4, -0.2) is 56.1 Å². The lowest BCUT2D eigenvalue weighted by Crippen LogP contribution is -2.47. The predicted molar refractivity (Wildman–Crippen MR) is 85.6 cm³/mol. The third-order valence-electron chi connectivity index (χ3n) is 3.81. The molecule has 1 aliphatic heterocycles. The zero-order valence-corrected chi connectivity index (χ0v) is 12.5. The zero-order valence-electron chi connectivity index (χ0n) is 12.5. The number of anilines is 2. The molecule has 8 nitrogen and oxygen atoms in total. The van der Waals surface area contributed by atoms with E-state index in [9.17, 15) is 0 Å². The average molecular weight is 308 g/mol. The van der Waals surface area contributed by atoms with Crippen molar-refractivity contribution in [2.45, 2.75) is 0 Å². The molecular weight excluding hydrogens is 292 g/mol. The van der Waals surface area contributed by atoms with Gasteiger partial charge < -0.3 is 9.80 Å². The summed E-state index contributed by atoms with van der Waals surface area (Å²) in [5, 5.41) is 12.7. The highest BCUT2D eigenvalue weighted by molar-refractivity contribution is 5.42. The molecule has 0 radical (unpaired) electrons. The molecule has 0 spiro atoms. The van der Waals surface area contributed by atoms with Gasteiger partial charge >= 0.3 is 0 Å². The van der Waals surface area contributed by atoms with Gasteiger partial charge in [0.05, 0.1) is 0 Å². The average Bonchev–Trinajstić information content (AvgIpc) is 3.18. The quantitative estimate of drug-likeness (QED) is 0.707. The van der Waals surface area contributed by atoms with E-state index in [-0.39, 0.29) is 0 Å². The summed E-state index contributed by atoms with van der Waals surface area (Å²) in [6.07, 6.45) is 7.12. The van der Waals surface area contributed by atoms with Crippen LogP contribution in [0.15, 0.2) is 49.1 Å². The van der Waals surface area contributed by atoms with Crippen molar-refractivity contribution in [2.75, 3.05) is 36.0 Å². The van der Waals surface area contributed by atoms with Crippen LogP contribution >= 0.6 is 0 Å². The summed E-state index contributed by atoms with van der Waals surface area (Å²) in [7, 11) is 0. The van der Waals surface area contributed by atoms with Crippen LogP contribution in [0.25, 0.3) is 5.82 Å². The maximum atomic E-state index is 4.32. The second-order valence-corrected chi connectivity index (χ2v) is 5.22. The third kappa shape index (κ3) is 2.83. The molecule has 3 aromatic heterocycles. The molecule has 0 amide bonds. The Balaban J connectivity index is 1.42. The van der Waals surface area contributed by atoms with Gasteiger partial charge in [-0.2, -0.15) is 5.10 Å². The van der Waals surface area contributed by atoms with Crippen molar-refractivity contribution in [3.8, 4) is 5.82 Å². The standard InChI is InChI=1S/C15H16N8/c1-5-16-15(17-6-1)22-11-9-21(10-12-22)13-3-4-14(20-19-13)23-8-2-7-18-23/h1-8H,9-12H2. The molecule has 0 bridgehead atoms. The molecule has 0 saturated carbocycles. The SMILES string of the molecule is c1cnc(N2CCN(c3ccc(-n4cccn4)nn3)CC2)nc1. The fraction of sp³-hybridized carbons (Fsp3) is 0.267. The fourth-order valence-corrected chi connectivity index (χ4v) is 2.60. The van der Waals surface area contributed by atoms with Gasteiger partial charge in [-0.15, -0.1) is 10.2 Å². The van der Waals surface area contributed by atoms with Crippen molar-refractivity contribution in [3.05, 3.63) is 49.1 Å². The second kappa shape index (κ2) is 5.99. The molecule has 8 heteroatoms. The highest BCUT2D eigenvalue weighted by Crippen LogP contribution is 2.16. The van der Waals surface area contributed by atoms with Crippen LogP contribution in [0.4, 0.5) is 11.8 Å². The molecule has 0 unspecified atom stereocenters. The molecule has 23 heavy (non-hydrogen) atoms. The third-order valence-corrected chi connectivity index (χ3v) is 3.81. The van der Waals surface area contributed by atoms with E-state index in [2.05, 4.69) is 35.1 Å². The van der Waals surface area contributed by atoms with Gasteiger partial charge in [-0.1, -0.05) is 0 Å². The normalized spacial score (nSPS) is 15.0. The summed E-state index contributed by atoms with van der Waals surface area (Å²) in [4.78, 5) is 13.0. The molecule has 1 aliphatic rings. The highest BCUT2D eigenvalue weighted by Gasteiger charge is 2.20. The largest absolute Gasteiger partial charge is 0.352 e. The van der Waals surface area contributed by atoms with Gasteiger partial charge in [0, 0.05) is 51.0 Å². The fourth-order valence-electron chi connectivity index (χ4n) is 2.60. The minimum atomic E-state index is 0.718. The highest BCUT2D eigenvalue weighted by atomic mass is 15.4. The van der Waals surface area contributed by atoms with E-state index in [1.165, 1.54) is 0 Å². The van der Waals surface area contributed by atoms with Gasteiger partial charge in [-0.25, -0.2) is 14.6 Å². The molecule has 0 aromatic carbocycles. The van der Waals surface area contributed by atoms with Crippen molar-refractivity contribution in [2.24, 2.45) is 0 Å². The summed E-state index contributed by atoms with van der Waals surface area (Å²) in [5.41, 5.74) is 0. The van der Waals surface area contributed by atoms with E-state index in [4.69, 9.17) is 0 Å². The Kier molecular flexibility index (Phi) is 3.55. The van der Waals surface area contributed by atoms with Crippen molar-refractivity contribution >= 4 is 11.8 Å². The maximum absolute atomic E-state index is 4.32. The van der Waals surface area contributed by atoms with Crippen molar-refractivity contribution in [3.63, 3.8) is 0 Å². The van der Waals surface area contributed by atoms with Crippen LogP contribution in [0, 0.1) is 0 Å². The van der Waals surface area contributed by atoms with Gasteiger partial charge in [0.15, 0.2) is 11.6 Å². The Morgan fingerprint density at radius 1 is 0.739 bits per heavy atom. The Morgan fingerprint density at radius 3 is 2.09 bits per heavy atom. The van der Waals surface area contributed by atoms with Gasteiger partial charge in [0.2, 0.25) is 5.95 Å². The summed E-state index contributed by atoms with van der Waals surface area (Å²) in [5.74, 6) is 2.39. The molecular formula is C15H16N8. The first-order valence-corrected chi connectivity index (χ1v) is 7.51. The van der Waals surface area contributed by atoms with Crippen LogP contribution < -0.4 is 9.80 Å². The minimum absolute atomic E-state index is 0.718. The molecule has 4 rings (SSSR count). The van der Waals surface area contributed by atoms with Crippen LogP contribution in [0.3, 0.4) is 0 Å². The molecule has 116 valence electrons. The van der Waals surface area contributed by atoms with E-state index < -0.39 is 0 Å². The Bertz CT molecular complexity index is 733. The number of nitrogens with zero attached hydrogens (tertiary/aromatic N) is 8. The number of hydrogen-bond acceptors (Lipinski definition) is 7. The summed E-state index contributed by atoms with van der Waals surface area (Å²) >= 11 is 0. The summed E-state index contributed by atoms with van der Waals surface area (Å²) < 4.78 is 1.70. The number of aromatic nitrogens is 6. The van der Waals surface area contributed by atoms with Crippen LogP contribution in [-0.2, 0) is 0 Å².